The zero-order valence-corrected chi connectivity index (χ0v) is 15.5. The number of nitrogens with zero attached hydrogens (tertiary/aromatic N) is 3. The van der Waals surface area contributed by atoms with E-state index in [1.807, 2.05) is 48.5 Å². The predicted molar refractivity (Wildman–Crippen MR) is 107 cm³/mol. The van der Waals surface area contributed by atoms with Crippen LogP contribution in [0.25, 0.3) is 0 Å². The summed E-state index contributed by atoms with van der Waals surface area (Å²) in [5, 5.41) is 2.73. The number of carbonyl (C=O) groups is 2. The summed E-state index contributed by atoms with van der Waals surface area (Å²) in [7, 11) is 2.13. The van der Waals surface area contributed by atoms with E-state index in [0.29, 0.717) is 12.2 Å². The minimum Gasteiger partial charge on any atom is -0.369 e. The molecule has 0 spiro atoms. The molecule has 0 atom stereocenters. The van der Waals surface area contributed by atoms with Crippen molar-refractivity contribution in [2.45, 2.75) is 6.42 Å². The van der Waals surface area contributed by atoms with E-state index in [1.165, 1.54) is 0 Å². The van der Waals surface area contributed by atoms with E-state index in [4.69, 9.17) is 0 Å². The van der Waals surface area contributed by atoms with Crippen LogP contribution < -0.4 is 15.1 Å². The van der Waals surface area contributed by atoms with Gasteiger partial charge in [0, 0.05) is 49.8 Å². The van der Waals surface area contributed by atoms with Crippen LogP contribution in [-0.2, 0) is 16.0 Å². The highest BCUT2D eigenvalue weighted by Crippen LogP contribution is 2.27. The fourth-order valence-electron chi connectivity index (χ4n) is 3.68. The maximum absolute atomic E-state index is 12.6. The highest BCUT2D eigenvalue weighted by Gasteiger charge is 2.28. The lowest BCUT2D eigenvalue weighted by Gasteiger charge is -2.34. The van der Waals surface area contributed by atoms with E-state index in [-0.39, 0.29) is 0 Å². The molecule has 140 valence electrons. The van der Waals surface area contributed by atoms with Crippen molar-refractivity contribution in [3.05, 3.63) is 54.1 Å². The molecule has 4 rings (SSSR count). The summed E-state index contributed by atoms with van der Waals surface area (Å²) in [5.41, 5.74) is 3.72. The summed E-state index contributed by atoms with van der Waals surface area (Å²) >= 11 is 0. The number of carbonyl (C=O) groups excluding carboxylic acids is 2. The van der Waals surface area contributed by atoms with E-state index in [2.05, 4.69) is 22.2 Å². The zero-order valence-electron chi connectivity index (χ0n) is 15.5. The van der Waals surface area contributed by atoms with Crippen LogP contribution in [0.2, 0.25) is 0 Å². The van der Waals surface area contributed by atoms with Crippen molar-refractivity contribution in [2.75, 3.05) is 54.9 Å². The minimum atomic E-state index is -0.598. The van der Waals surface area contributed by atoms with E-state index in [1.54, 1.807) is 4.90 Å². The third kappa shape index (κ3) is 3.66. The molecule has 1 fully saturated rings. The Balaban J connectivity index is 1.39. The van der Waals surface area contributed by atoms with Gasteiger partial charge in [-0.2, -0.15) is 0 Å². The van der Waals surface area contributed by atoms with Crippen molar-refractivity contribution in [2.24, 2.45) is 0 Å². The second-order valence-electron chi connectivity index (χ2n) is 7.13. The van der Waals surface area contributed by atoms with Gasteiger partial charge < -0.3 is 20.0 Å². The Morgan fingerprint density at radius 3 is 2.33 bits per heavy atom. The maximum atomic E-state index is 12.6. The number of fused-ring (bicyclic) bond motifs is 1. The Kier molecular flexibility index (Phi) is 4.81. The number of nitrogens with one attached hydrogen (secondary N) is 1. The molecular formula is C21H24N4O2. The number of amides is 2. The van der Waals surface area contributed by atoms with E-state index in [9.17, 15) is 9.59 Å². The van der Waals surface area contributed by atoms with Crippen molar-refractivity contribution in [3.63, 3.8) is 0 Å². The number of hydrogen-bond donors (Lipinski definition) is 1. The maximum Gasteiger partial charge on any atom is 0.316 e. The molecule has 6 heteroatoms. The molecule has 2 aliphatic heterocycles. The first-order valence-electron chi connectivity index (χ1n) is 9.36. The lowest BCUT2D eigenvalue weighted by molar-refractivity contribution is -0.134. The molecule has 27 heavy (non-hydrogen) atoms. The molecule has 0 aliphatic carbocycles. The summed E-state index contributed by atoms with van der Waals surface area (Å²) in [6.07, 6.45) is 0.787. The predicted octanol–water partition coefficient (Wildman–Crippen LogP) is 1.97. The lowest BCUT2D eigenvalue weighted by atomic mass is 10.2. The molecule has 0 aromatic heterocycles. The summed E-state index contributed by atoms with van der Waals surface area (Å²) in [6, 6.07) is 15.4. The van der Waals surface area contributed by atoms with Gasteiger partial charge in [-0.3, -0.25) is 9.59 Å². The summed E-state index contributed by atoms with van der Waals surface area (Å²) in [4.78, 5) is 31.2. The third-order valence-electron chi connectivity index (χ3n) is 5.32. The number of piperazine rings is 1. The Hall–Kier alpha value is -2.86. The van der Waals surface area contributed by atoms with E-state index in [0.717, 1.165) is 49.5 Å². The van der Waals surface area contributed by atoms with Gasteiger partial charge in [-0.05, 0) is 49.4 Å². The second kappa shape index (κ2) is 7.40. The van der Waals surface area contributed by atoms with Crippen LogP contribution in [0.3, 0.4) is 0 Å². The van der Waals surface area contributed by atoms with Crippen molar-refractivity contribution < 1.29 is 9.59 Å². The Morgan fingerprint density at radius 2 is 1.59 bits per heavy atom. The van der Waals surface area contributed by atoms with Crippen LogP contribution in [0.15, 0.2) is 48.5 Å². The van der Waals surface area contributed by atoms with Crippen LogP contribution in [0.4, 0.5) is 17.1 Å². The fraction of sp³-hybridized carbons (Fsp3) is 0.333. The minimum absolute atomic E-state index is 0.511. The first-order chi connectivity index (χ1) is 13.1. The lowest BCUT2D eigenvalue weighted by Crippen LogP contribution is -2.44. The molecule has 2 aromatic carbocycles. The van der Waals surface area contributed by atoms with Crippen LogP contribution >= 0.6 is 0 Å². The number of benzene rings is 2. The average molecular weight is 364 g/mol. The Morgan fingerprint density at radius 1 is 0.889 bits per heavy atom. The average Bonchev–Trinajstić information content (AvgIpc) is 3.13. The largest absolute Gasteiger partial charge is 0.369 e. The molecule has 6 nitrogen and oxygen atoms in total. The molecule has 0 radical (unpaired) electrons. The standard InChI is InChI=1S/C21H24N4O2/c1-23-12-14-24(15-13-23)18-8-6-17(7-9-18)22-20(26)21(27)25-11-10-16-4-2-3-5-19(16)25/h2-9H,10-15H2,1H3,(H,22,26). The number of likely N-dealkylation sites (N-methyl/N-ethyl adjacent to an activating group) is 1. The number of hydrogen-bond acceptors (Lipinski definition) is 4. The summed E-state index contributed by atoms with van der Waals surface area (Å²) in [5.74, 6) is -1.11. The van der Waals surface area contributed by atoms with E-state index >= 15 is 0 Å². The van der Waals surface area contributed by atoms with Gasteiger partial charge in [0.25, 0.3) is 0 Å². The van der Waals surface area contributed by atoms with Gasteiger partial charge in [0.15, 0.2) is 0 Å². The first kappa shape index (κ1) is 17.5. The molecule has 0 bridgehead atoms. The van der Waals surface area contributed by atoms with Crippen LogP contribution in [0, 0.1) is 0 Å². The van der Waals surface area contributed by atoms with Gasteiger partial charge in [0.2, 0.25) is 0 Å². The normalized spacial score (nSPS) is 16.9. The highest BCUT2D eigenvalue weighted by atomic mass is 16.2. The molecule has 1 saturated heterocycles. The smallest absolute Gasteiger partial charge is 0.316 e. The first-order valence-corrected chi connectivity index (χ1v) is 9.36. The molecular weight excluding hydrogens is 340 g/mol. The number of rotatable bonds is 2. The van der Waals surface area contributed by atoms with Crippen molar-refractivity contribution in [1.82, 2.24) is 4.90 Å². The number of para-hydroxylation sites is 1. The molecule has 2 amide bonds. The molecule has 2 aliphatic rings. The quantitative estimate of drug-likeness (QED) is 0.828. The SMILES string of the molecule is CN1CCN(c2ccc(NC(=O)C(=O)N3CCc4ccccc43)cc2)CC1. The fourth-order valence-corrected chi connectivity index (χ4v) is 3.68. The summed E-state index contributed by atoms with van der Waals surface area (Å²) < 4.78 is 0. The second-order valence-corrected chi connectivity index (χ2v) is 7.13. The van der Waals surface area contributed by atoms with Crippen molar-refractivity contribution in [3.8, 4) is 0 Å². The van der Waals surface area contributed by atoms with Crippen LogP contribution in [-0.4, -0.2) is 56.5 Å². The molecule has 0 saturated carbocycles. The zero-order chi connectivity index (χ0) is 18.8. The van der Waals surface area contributed by atoms with Crippen LogP contribution in [0.1, 0.15) is 5.56 Å². The third-order valence-corrected chi connectivity index (χ3v) is 5.32. The van der Waals surface area contributed by atoms with Crippen molar-refractivity contribution >= 4 is 28.9 Å². The van der Waals surface area contributed by atoms with Gasteiger partial charge in [-0.25, -0.2) is 0 Å². The molecule has 1 N–H and O–H groups in total. The Bertz CT molecular complexity index is 842. The topological polar surface area (TPSA) is 55.9 Å². The van der Waals surface area contributed by atoms with Crippen LogP contribution in [0.5, 0.6) is 0 Å². The summed E-state index contributed by atoms with van der Waals surface area (Å²) in [6.45, 7) is 4.63. The molecule has 0 unspecified atom stereocenters. The van der Waals surface area contributed by atoms with Gasteiger partial charge >= 0.3 is 11.8 Å². The number of anilines is 3. The van der Waals surface area contributed by atoms with E-state index < -0.39 is 11.8 Å². The molecule has 2 aromatic rings. The Labute approximate surface area is 159 Å². The van der Waals surface area contributed by atoms with Gasteiger partial charge in [0.05, 0.1) is 0 Å². The van der Waals surface area contributed by atoms with Gasteiger partial charge in [0.1, 0.15) is 0 Å². The monoisotopic (exact) mass is 364 g/mol. The molecule has 2 heterocycles. The van der Waals surface area contributed by atoms with Gasteiger partial charge in [-0.15, -0.1) is 0 Å². The van der Waals surface area contributed by atoms with Crippen molar-refractivity contribution in [1.29, 1.82) is 0 Å². The highest BCUT2D eigenvalue weighted by molar-refractivity contribution is 6.44. The van der Waals surface area contributed by atoms with Gasteiger partial charge in [-0.1, -0.05) is 18.2 Å².